The smallest absolute Gasteiger partial charge is 0.264 e. The molecule has 1 heterocycles. The summed E-state index contributed by atoms with van der Waals surface area (Å²) in [6.07, 6.45) is 9.96. The Balaban J connectivity index is 1.28. The highest BCUT2D eigenvalue weighted by Gasteiger charge is 2.54. The number of hydrogen-bond acceptors (Lipinski definition) is 5. The van der Waals surface area contributed by atoms with Crippen LogP contribution < -0.4 is 10.0 Å². The molecule has 0 radical (unpaired) electrons. The van der Waals surface area contributed by atoms with Gasteiger partial charge in [-0.2, -0.15) is 0 Å². The molecule has 7 nitrogen and oxygen atoms in total. The van der Waals surface area contributed by atoms with Gasteiger partial charge in [0.15, 0.2) is 0 Å². The maximum atomic E-state index is 13.2. The van der Waals surface area contributed by atoms with Crippen LogP contribution in [0.4, 0.5) is 11.6 Å². The molecule has 4 saturated carbocycles. The number of benzene rings is 1. The van der Waals surface area contributed by atoms with Gasteiger partial charge in [0.05, 0.1) is 10.3 Å². The van der Waals surface area contributed by atoms with E-state index in [-0.39, 0.29) is 22.2 Å². The van der Waals surface area contributed by atoms with Crippen LogP contribution in [-0.4, -0.2) is 24.3 Å². The molecule has 4 fully saturated rings. The Morgan fingerprint density at radius 3 is 2.03 bits per heavy atom. The van der Waals surface area contributed by atoms with Gasteiger partial charge in [-0.1, -0.05) is 0 Å². The van der Waals surface area contributed by atoms with Gasteiger partial charge in [-0.25, -0.2) is 23.1 Å². The van der Waals surface area contributed by atoms with Gasteiger partial charge in [0.1, 0.15) is 0 Å². The number of nitrogens with zero attached hydrogens (tertiary/aromatic N) is 2. The van der Waals surface area contributed by atoms with Crippen molar-refractivity contribution in [2.45, 2.75) is 50.3 Å². The van der Waals surface area contributed by atoms with Gasteiger partial charge in [-0.15, -0.1) is 0 Å². The zero-order chi connectivity index (χ0) is 20.9. The highest BCUT2D eigenvalue weighted by atomic mass is 32.2. The van der Waals surface area contributed by atoms with E-state index in [1.807, 2.05) is 6.92 Å². The number of carbonyl (C=O) groups excluding carboxylic acids is 1. The van der Waals surface area contributed by atoms with E-state index in [1.54, 1.807) is 24.5 Å². The monoisotopic (exact) mass is 426 g/mol. The Kier molecular flexibility index (Phi) is 4.57. The Morgan fingerprint density at radius 1 is 0.967 bits per heavy atom. The minimum absolute atomic E-state index is 0.0276. The first-order valence-electron chi connectivity index (χ1n) is 10.5. The van der Waals surface area contributed by atoms with E-state index >= 15 is 0 Å². The number of hydrogen-bond donors (Lipinski definition) is 2. The molecular formula is C22H26N4O3S. The molecule has 0 aliphatic heterocycles. The fraction of sp³-hybridized carbons (Fsp3) is 0.500. The molecule has 0 saturated heterocycles. The molecule has 8 heteroatoms. The average molecular weight is 427 g/mol. The normalized spacial score (nSPS) is 29.6. The first kappa shape index (κ1) is 19.5. The summed E-state index contributed by atoms with van der Waals surface area (Å²) in [4.78, 5) is 21.2. The number of carbonyl (C=O) groups is 1. The zero-order valence-electron chi connectivity index (χ0n) is 17.0. The highest BCUT2D eigenvalue weighted by Crippen LogP contribution is 2.60. The maximum absolute atomic E-state index is 13.2. The predicted molar refractivity (Wildman–Crippen MR) is 113 cm³/mol. The quantitative estimate of drug-likeness (QED) is 0.758. The minimum atomic E-state index is -3.80. The van der Waals surface area contributed by atoms with Crippen LogP contribution in [0, 0.1) is 30.1 Å². The van der Waals surface area contributed by atoms with Crippen LogP contribution in [0.15, 0.2) is 41.6 Å². The number of aryl methyl sites for hydroxylation is 1. The second-order valence-electron chi connectivity index (χ2n) is 9.37. The van der Waals surface area contributed by atoms with Gasteiger partial charge >= 0.3 is 0 Å². The summed E-state index contributed by atoms with van der Waals surface area (Å²) in [6, 6.07) is 6.27. The van der Waals surface area contributed by atoms with Crippen LogP contribution >= 0.6 is 0 Å². The van der Waals surface area contributed by atoms with E-state index in [9.17, 15) is 13.2 Å². The maximum Gasteiger partial charge on any atom is 0.264 e. The summed E-state index contributed by atoms with van der Waals surface area (Å²) in [5, 5.41) is 3.05. The van der Waals surface area contributed by atoms with Gasteiger partial charge in [0.25, 0.3) is 10.0 Å². The van der Waals surface area contributed by atoms with Gasteiger partial charge < -0.3 is 5.32 Å². The van der Waals surface area contributed by atoms with Crippen molar-refractivity contribution >= 4 is 27.6 Å². The predicted octanol–water partition coefficient (Wildman–Crippen LogP) is 3.74. The van der Waals surface area contributed by atoms with E-state index in [0.717, 1.165) is 24.8 Å². The molecule has 4 bridgehead atoms. The molecule has 30 heavy (non-hydrogen) atoms. The highest BCUT2D eigenvalue weighted by molar-refractivity contribution is 7.92. The van der Waals surface area contributed by atoms with E-state index < -0.39 is 10.0 Å². The average Bonchev–Trinajstić information content (AvgIpc) is 2.69. The number of anilines is 2. The number of rotatable bonds is 5. The van der Waals surface area contributed by atoms with Gasteiger partial charge in [0.2, 0.25) is 11.9 Å². The van der Waals surface area contributed by atoms with Crippen LogP contribution in [0.25, 0.3) is 0 Å². The molecule has 2 N–H and O–H groups in total. The second kappa shape index (κ2) is 7.04. The standard InChI is InChI=1S/C22H26N4O3S/c1-14-12-23-21(24-13-14)26-30(28,29)19-4-2-18(3-5-19)25-20(27)22-9-15-6-16(10-22)8-17(7-15)11-22/h2-5,12-13,15-17H,6-11H2,1H3,(H,25,27)(H,23,24,26). The van der Waals surface area contributed by atoms with Crippen LogP contribution in [-0.2, 0) is 14.8 Å². The summed E-state index contributed by atoms with van der Waals surface area (Å²) in [5.74, 6) is 2.22. The third kappa shape index (κ3) is 3.57. The molecule has 0 unspecified atom stereocenters. The minimum Gasteiger partial charge on any atom is -0.326 e. The van der Waals surface area contributed by atoms with E-state index in [1.165, 1.54) is 31.4 Å². The summed E-state index contributed by atoms with van der Waals surface area (Å²) in [5.41, 5.74) is 1.24. The largest absolute Gasteiger partial charge is 0.326 e. The number of amides is 1. The number of aromatic nitrogens is 2. The molecule has 1 aromatic heterocycles. The number of nitrogens with one attached hydrogen (secondary N) is 2. The summed E-state index contributed by atoms with van der Waals surface area (Å²) >= 11 is 0. The van der Waals surface area contributed by atoms with Crippen LogP contribution in [0.2, 0.25) is 0 Å². The lowest BCUT2D eigenvalue weighted by Crippen LogP contribution is -2.51. The lowest BCUT2D eigenvalue weighted by Gasteiger charge is -2.55. The molecule has 1 aromatic carbocycles. The molecular weight excluding hydrogens is 400 g/mol. The molecule has 0 atom stereocenters. The van der Waals surface area contributed by atoms with E-state index in [2.05, 4.69) is 20.0 Å². The number of sulfonamides is 1. The molecule has 158 valence electrons. The first-order valence-corrected chi connectivity index (χ1v) is 12.0. The molecule has 6 rings (SSSR count). The SMILES string of the molecule is Cc1cnc(NS(=O)(=O)c2ccc(NC(=O)C34CC5CC(CC(C5)C3)C4)cc2)nc1. The lowest BCUT2D eigenvalue weighted by molar-refractivity contribution is -0.140. The van der Waals surface area contributed by atoms with Crippen molar-refractivity contribution in [3.63, 3.8) is 0 Å². The molecule has 4 aliphatic rings. The van der Waals surface area contributed by atoms with Crippen molar-refractivity contribution < 1.29 is 13.2 Å². The van der Waals surface area contributed by atoms with Crippen molar-refractivity contribution in [1.82, 2.24) is 9.97 Å². The molecule has 4 aliphatic carbocycles. The van der Waals surface area contributed by atoms with Crippen molar-refractivity contribution in [3.8, 4) is 0 Å². The fourth-order valence-electron chi connectivity index (χ4n) is 5.99. The second-order valence-corrected chi connectivity index (χ2v) is 11.0. The van der Waals surface area contributed by atoms with Crippen molar-refractivity contribution in [2.24, 2.45) is 23.2 Å². The van der Waals surface area contributed by atoms with Crippen LogP contribution in [0.3, 0.4) is 0 Å². The third-order valence-electron chi connectivity index (χ3n) is 6.95. The Labute approximate surface area is 176 Å². The van der Waals surface area contributed by atoms with Crippen LogP contribution in [0.5, 0.6) is 0 Å². The van der Waals surface area contributed by atoms with Crippen molar-refractivity contribution in [2.75, 3.05) is 10.0 Å². The third-order valence-corrected chi connectivity index (χ3v) is 8.29. The van der Waals surface area contributed by atoms with Gasteiger partial charge in [-0.05, 0) is 93.0 Å². The van der Waals surface area contributed by atoms with E-state index in [0.29, 0.717) is 23.4 Å². The summed E-state index contributed by atoms with van der Waals surface area (Å²) in [7, 11) is -3.80. The topological polar surface area (TPSA) is 101 Å². The summed E-state index contributed by atoms with van der Waals surface area (Å²) < 4.78 is 27.5. The van der Waals surface area contributed by atoms with Gasteiger partial charge in [-0.3, -0.25) is 4.79 Å². The fourth-order valence-corrected chi connectivity index (χ4v) is 6.95. The first-order chi connectivity index (χ1) is 14.3. The molecule has 1 amide bonds. The molecule has 0 spiro atoms. The van der Waals surface area contributed by atoms with Gasteiger partial charge in [0, 0.05) is 18.1 Å². The Bertz CT molecular complexity index is 1030. The zero-order valence-corrected chi connectivity index (χ0v) is 17.8. The lowest BCUT2D eigenvalue weighted by atomic mass is 9.49. The Morgan fingerprint density at radius 2 is 1.50 bits per heavy atom. The van der Waals surface area contributed by atoms with Crippen molar-refractivity contribution in [1.29, 1.82) is 0 Å². The molecule has 2 aromatic rings. The van der Waals surface area contributed by atoms with E-state index in [4.69, 9.17) is 0 Å². The van der Waals surface area contributed by atoms with Crippen molar-refractivity contribution in [3.05, 3.63) is 42.2 Å². The van der Waals surface area contributed by atoms with Crippen LogP contribution in [0.1, 0.15) is 44.1 Å². The summed E-state index contributed by atoms with van der Waals surface area (Å²) in [6.45, 7) is 1.83. The Hall–Kier alpha value is -2.48.